The van der Waals surface area contributed by atoms with Crippen LogP contribution in [0.5, 0.6) is 0 Å². The summed E-state index contributed by atoms with van der Waals surface area (Å²) in [5.41, 5.74) is 7.50. The molecule has 0 spiro atoms. The first-order valence-corrected chi connectivity index (χ1v) is 7.67. The van der Waals surface area contributed by atoms with Gasteiger partial charge in [-0.1, -0.05) is 6.07 Å². The van der Waals surface area contributed by atoms with Crippen molar-refractivity contribution < 1.29 is 4.79 Å². The Morgan fingerprint density at radius 1 is 1.42 bits per heavy atom. The van der Waals surface area contributed by atoms with E-state index in [1.54, 1.807) is 11.8 Å². The van der Waals surface area contributed by atoms with Crippen molar-refractivity contribution in [2.75, 3.05) is 5.75 Å². The average molecular weight is 278 g/mol. The highest BCUT2D eigenvalue weighted by molar-refractivity contribution is 7.99. The Morgan fingerprint density at radius 2 is 2.11 bits per heavy atom. The van der Waals surface area contributed by atoms with Crippen LogP contribution in [0, 0.1) is 13.8 Å². The lowest BCUT2D eigenvalue weighted by Crippen LogP contribution is -2.55. The molecule has 1 aromatic rings. The molecule has 104 valence electrons. The zero-order valence-corrected chi connectivity index (χ0v) is 12.6. The van der Waals surface area contributed by atoms with Gasteiger partial charge in [0.2, 0.25) is 5.91 Å². The second-order valence-corrected chi connectivity index (χ2v) is 6.70. The number of nitrogens with one attached hydrogen (secondary N) is 1. The molecule has 0 aliphatic heterocycles. The van der Waals surface area contributed by atoms with Gasteiger partial charge in [0, 0.05) is 16.7 Å². The summed E-state index contributed by atoms with van der Waals surface area (Å²) in [5.74, 6) is 0.400. The Kier molecular flexibility index (Phi) is 4.21. The molecule has 19 heavy (non-hydrogen) atoms. The molecule has 1 amide bonds. The van der Waals surface area contributed by atoms with Crippen LogP contribution in [0.3, 0.4) is 0 Å². The van der Waals surface area contributed by atoms with Crippen molar-refractivity contribution in [1.82, 2.24) is 5.32 Å². The van der Waals surface area contributed by atoms with E-state index < -0.39 is 5.54 Å². The summed E-state index contributed by atoms with van der Waals surface area (Å²) in [6, 6.07) is 6.86. The van der Waals surface area contributed by atoms with Crippen molar-refractivity contribution in [3.05, 3.63) is 29.3 Å². The zero-order chi connectivity index (χ0) is 14.0. The van der Waals surface area contributed by atoms with E-state index in [9.17, 15) is 4.79 Å². The predicted molar refractivity (Wildman–Crippen MR) is 80.4 cm³/mol. The van der Waals surface area contributed by atoms with Gasteiger partial charge in [0.15, 0.2) is 0 Å². The number of hydrogen-bond donors (Lipinski definition) is 2. The minimum absolute atomic E-state index is 0.268. The van der Waals surface area contributed by atoms with Crippen molar-refractivity contribution in [1.29, 1.82) is 0 Å². The van der Waals surface area contributed by atoms with Crippen LogP contribution in [0.1, 0.15) is 30.9 Å². The molecular formula is C15H22N2OS. The number of carbonyl (C=O) groups is 1. The lowest BCUT2D eigenvalue weighted by molar-refractivity contribution is -0.123. The smallest absolute Gasteiger partial charge is 0.238 e. The van der Waals surface area contributed by atoms with E-state index >= 15 is 0 Å². The minimum atomic E-state index is -0.620. The van der Waals surface area contributed by atoms with Crippen LogP contribution in [-0.2, 0) is 4.79 Å². The van der Waals surface area contributed by atoms with Crippen LogP contribution in [0.2, 0.25) is 0 Å². The Balaban J connectivity index is 2.01. The number of carbonyl (C=O) groups excluding carboxylic acids is 1. The summed E-state index contributed by atoms with van der Waals surface area (Å²) < 4.78 is 0. The van der Waals surface area contributed by atoms with Crippen LogP contribution < -0.4 is 11.1 Å². The third-order valence-electron chi connectivity index (χ3n) is 3.65. The van der Waals surface area contributed by atoms with Gasteiger partial charge >= 0.3 is 0 Å². The maximum Gasteiger partial charge on any atom is 0.238 e. The molecule has 1 saturated carbocycles. The second-order valence-electron chi connectivity index (χ2n) is 5.65. The first-order chi connectivity index (χ1) is 8.90. The summed E-state index contributed by atoms with van der Waals surface area (Å²) >= 11 is 1.68. The number of hydrogen-bond acceptors (Lipinski definition) is 3. The van der Waals surface area contributed by atoms with E-state index in [1.165, 1.54) is 16.0 Å². The van der Waals surface area contributed by atoms with Gasteiger partial charge in [-0.25, -0.2) is 0 Å². The highest BCUT2D eigenvalue weighted by Gasteiger charge is 2.36. The molecule has 1 atom stereocenters. The lowest BCUT2D eigenvalue weighted by Gasteiger charge is -2.27. The second kappa shape index (κ2) is 5.55. The normalized spacial score (nSPS) is 18.1. The van der Waals surface area contributed by atoms with Crippen molar-refractivity contribution in [2.24, 2.45) is 5.73 Å². The van der Waals surface area contributed by atoms with E-state index in [0.717, 1.165) is 12.8 Å². The fourth-order valence-electron chi connectivity index (χ4n) is 1.89. The van der Waals surface area contributed by atoms with Gasteiger partial charge in [0.1, 0.15) is 5.54 Å². The van der Waals surface area contributed by atoms with Crippen molar-refractivity contribution in [3.63, 3.8) is 0 Å². The third kappa shape index (κ3) is 3.74. The van der Waals surface area contributed by atoms with Gasteiger partial charge in [-0.15, -0.1) is 11.8 Å². The third-order valence-corrected chi connectivity index (χ3v) is 4.96. The summed E-state index contributed by atoms with van der Waals surface area (Å²) in [4.78, 5) is 12.9. The monoisotopic (exact) mass is 278 g/mol. The van der Waals surface area contributed by atoms with Gasteiger partial charge in [0.25, 0.3) is 0 Å². The first-order valence-electron chi connectivity index (χ1n) is 6.68. The van der Waals surface area contributed by atoms with E-state index in [2.05, 4.69) is 37.4 Å². The summed E-state index contributed by atoms with van der Waals surface area (Å²) in [6.07, 6.45) is 2.30. The van der Waals surface area contributed by atoms with Crippen molar-refractivity contribution in [2.45, 2.75) is 50.1 Å². The molecule has 1 unspecified atom stereocenters. The quantitative estimate of drug-likeness (QED) is 0.786. The Bertz CT molecular complexity index is 485. The highest BCUT2D eigenvalue weighted by atomic mass is 32.2. The van der Waals surface area contributed by atoms with Crippen molar-refractivity contribution in [3.8, 4) is 0 Å². The lowest BCUT2D eigenvalue weighted by atomic mass is 10.1. The molecule has 1 aliphatic rings. The maximum atomic E-state index is 11.7. The van der Waals surface area contributed by atoms with Crippen LogP contribution in [0.4, 0.5) is 0 Å². The van der Waals surface area contributed by atoms with Gasteiger partial charge in [-0.3, -0.25) is 4.79 Å². The largest absolute Gasteiger partial charge is 0.368 e. The molecule has 1 aliphatic carbocycles. The summed E-state index contributed by atoms with van der Waals surface area (Å²) in [7, 11) is 0. The van der Waals surface area contributed by atoms with E-state index in [0.29, 0.717) is 11.8 Å². The summed E-state index contributed by atoms with van der Waals surface area (Å²) in [5, 5.41) is 3.37. The van der Waals surface area contributed by atoms with E-state index in [4.69, 9.17) is 5.73 Å². The molecule has 3 nitrogen and oxygen atoms in total. The fourth-order valence-corrected chi connectivity index (χ4v) is 3.00. The molecule has 1 fully saturated rings. The molecule has 0 bridgehead atoms. The van der Waals surface area contributed by atoms with Crippen LogP contribution >= 0.6 is 11.8 Å². The van der Waals surface area contributed by atoms with Gasteiger partial charge in [-0.05, 0) is 56.9 Å². The molecule has 0 aromatic heterocycles. The Hall–Kier alpha value is -1.00. The molecule has 0 saturated heterocycles. The molecule has 4 heteroatoms. The Labute approximate surface area is 119 Å². The van der Waals surface area contributed by atoms with Crippen molar-refractivity contribution >= 4 is 17.7 Å². The van der Waals surface area contributed by atoms with Gasteiger partial charge < -0.3 is 11.1 Å². The summed E-state index contributed by atoms with van der Waals surface area (Å²) in [6.45, 7) is 6.11. The molecular weight excluding hydrogens is 256 g/mol. The SMILES string of the molecule is Cc1ccc(SCC(C)(NC2CC2)C(N)=O)cc1C. The maximum absolute atomic E-state index is 11.7. The first kappa shape index (κ1) is 14.4. The minimum Gasteiger partial charge on any atom is -0.368 e. The molecule has 1 aromatic carbocycles. The van der Waals surface area contributed by atoms with Gasteiger partial charge in [-0.2, -0.15) is 0 Å². The zero-order valence-electron chi connectivity index (χ0n) is 11.8. The predicted octanol–water partition coefficient (Wildman–Crippen LogP) is 2.39. The number of thioether (sulfide) groups is 1. The standard InChI is InChI=1S/C15H22N2OS/c1-10-4-7-13(8-11(10)2)19-9-15(3,14(16)18)17-12-5-6-12/h4,7-8,12,17H,5-6,9H2,1-3H3,(H2,16,18). The van der Waals surface area contributed by atoms with Crippen LogP contribution in [0.15, 0.2) is 23.1 Å². The Morgan fingerprint density at radius 3 is 2.63 bits per heavy atom. The fraction of sp³-hybridized carbons (Fsp3) is 0.533. The number of primary amides is 1. The number of aryl methyl sites for hydroxylation is 2. The number of benzene rings is 1. The number of rotatable bonds is 6. The topological polar surface area (TPSA) is 55.1 Å². The molecule has 0 radical (unpaired) electrons. The number of amides is 1. The van der Waals surface area contributed by atoms with Gasteiger partial charge in [0.05, 0.1) is 0 Å². The van der Waals surface area contributed by atoms with Crippen LogP contribution in [0.25, 0.3) is 0 Å². The average Bonchev–Trinajstić information content (AvgIpc) is 3.14. The van der Waals surface area contributed by atoms with E-state index in [-0.39, 0.29) is 5.91 Å². The van der Waals surface area contributed by atoms with Crippen LogP contribution in [-0.4, -0.2) is 23.2 Å². The number of nitrogens with two attached hydrogens (primary N) is 1. The molecule has 3 N–H and O–H groups in total. The molecule has 0 heterocycles. The van der Waals surface area contributed by atoms with E-state index in [1.807, 2.05) is 6.92 Å². The highest BCUT2D eigenvalue weighted by Crippen LogP contribution is 2.28. The molecule has 2 rings (SSSR count).